The van der Waals surface area contributed by atoms with Crippen molar-refractivity contribution in [1.29, 1.82) is 0 Å². The van der Waals surface area contributed by atoms with Crippen LogP contribution in [0.2, 0.25) is 0 Å². The Balaban J connectivity index is 1.55. The molecule has 4 rings (SSSR count). The van der Waals surface area contributed by atoms with Crippen molar-refractivity contribution in [2.24, 2.45) is 0 Å². The second-order valence-electron chi connectivity index (χ2n) is 7.45. The lowest BCUT2D eigenvalue weighted by atomic mass is 10.1. The predicted octanol–water partition coefficient (Wildman–Crippen LogP) is 3.01. The van der Waals surface area contributed by atoms with Crippen LogP contribution in [0.25, 0.3) is 5.69 Å². The van der Waals surface area contributed by atoms with Crippen molar-refractivity contribution in [3.8, 4) is 5.69 Å². The van der Waals surface area contributed by atoms with Gasteiger partial charge in [0, 0.05) is 11.7 Å². The third-order valence-corrected chi connectivity index (χ3v) is 6.15. The molecule has 1 saturated carbocycles. The lowest BCUT2D eigenvalue weighted by Gasteiger charge is -2.26. The number of amides is 1. The smallest absolute Gasteiger partial charge is 0.233 e. The number of piperidine rings is 1. The maximum atomic E-state index is 12.4. The van der Waals surface area contributed by atoms with Crippen LogP contribution in [0, 0.1) is 0 Å². The fourth-order valence-electron chi connectivity index (χ4n) is 3.39. The number of nitrogens with one attached hydrogen (secondary N) is 1. The quantitative estimate of drug-likeness (QED) is 0.743. The first-order chi connectivity index (χ1) is 13.2. The van der Waals surface area contributed by atoms with E-state index < -0.39 is 0 Å². The highest BCUT2D eigenvalue weighted by Crippen LogP contribution is 2.28. The Hall–Kier alpha value is -1.86. The van der Waals surface area contributed by atoms with E-state index in [2.05, 4.69) is 37.1 Å². The van der Waals surface area contributed by atoms with Crippen LogP contribution >= 0.6 is 11.8 Å². The molecule has 1 aliphatic carbocycles. The van der Waals surface area contributed by atoms with Crippen LogP contribution in [0.1, 0.15) is 44.9 Å². The van der Waals surface area contributed by atoms with E-state index in [4.69, 9.17) is 0 Å². The molecule has 0 radical (unpaired) electrons. The molecule has 1 atom stereocenters. The zero-order chi connectivity index (χ0) is 18.6. The Morgan fingerprint density at radius 2 is 1.93 bits per heavy atom. The van der Waals surface area contributed by atoms with Crippen molar-refractivity contribution >= 4 is 17.7 Å². The summed E-state index contributed by atoms with van der Waals surface area (Å²) in [7, 11) is 0. The molecule has 2 fully saturated rings. The number of benzene rings is 1. The van der Waals surface area contributed by atoms with Gasteiger partial charge in [-0.2, -0.15) is 0 Å². The van der Waals surface area contributed by atoms with Crippen LogP contribution in [0.15, 0.2) is 35.5 Å². The van der Waals surface area contributed by atoms with Crippen molar-refractivity contribution in [3.63, 3.8) is 0 Å². The van der Waals surface area contributed by atoms with Gasteiger partial charge in [-0.15, -0.1) is 10.2 Å². The molecule has 2 heterocycles. The molecular weight excluding hydrogens is 358 g/mol. The van der Waals surface area contributed by atoms with Crippen LogP contribution in [0.3, 0.4) is 0 Å². The van der Waals surface area contributed by atoms with Gasteiger partial charge < -0.3 is 5.32 Å². The minimum absolute atomic E-state index is 0.0858. The van der Waals surface area contributed by atoms with Crippen molar-refractivity contribution in [3.05, 3.63) is 36.2 Å². The lowest BCUT2D eigenvalue weighted by Crippen LogP contribution is -2.32. The topological polar surface area (TPSA) is 63.1 Å². The van der Waals surface area contributed by atoms with Gasteiger partial charge in [-0.3, -0.25) is 14.3 Å². The number of hydrogen-bond acceptors (Lipinski definition) is 5. The van der Waals surface area contributed by atoms with Gasteiger partial charge in [0.25, 0.3) is 0 Å². The Morgan fingerprint density at radius 1 is 1.19 bits per heavy atom. The fourth-order valence-corrected chi connectivity index (χ4v) is 4.29. The van der Waals surface area contributed by atoms with E-state index in [-0.39, 0.29) is 11.2 Å². The Bertz CT molecular complexity index is 768. The van der Waals surface area contributed by atoms with E-state index >= 15 is 0 Å². The molecule has 1 aromatic heterocycles. The molecule has 2 aromatic rings. The van der Waals surface area contributed by atoms with E-state index in [1.165, 1.54) is 31.0 Å². The standard InChI is InChI=1S/C20H27N5OS/c1-15(19(26)21-16-10-11-16)27-20-23-22-18(14-24-12-6-3-7-13-24)25(20)17-8-4-2-5-9-17/h2,4-5,8-9,15-16H,3,6-7,10-14H2,1H3,(H,21,26). The minimum atomic E-state index is -0.194. The van der Waals surface area contributed by atoms with Gasteiger partial charge in [-0.05, 0) is 57.8 Å². The average Bonchev–Trinajstić information content (AvgIpc) is 3.43. The first-order valence-corrected chi connectivity index (χ1v) is 10.8. The van der Waals surface area contributed by atoms with Crippen LogP contribution < -0.4 is 5.32 Å². The lowest BCUT2D eigenvalue weighted by molar-refractivity contribution is -0.120. The van der Waals surface area contributed by atoms with E-state index in [0.29, 0.717) is 6.04 Å². The van der Waals surface area contributed by atoms with Crippen LogP contribution in [0.5, 0.6) is 0 Å². The number of carbonyl (C=O) groups excluding carboxylic acids is 1. The fraction of sp³-hybridized carbons (Fsp3) is 0.550. The van der Waals surface area contributed by atoms with Crippen LogP contribution in [-0.2, 0) is 11.3 Å². The number of thioether (sulfide) groups is 1. The van der Waals surface area contributed by atoms with Gasteiger partial charge in [0.05, 0.1) is 11.8 Å². The molecule has 0 bridgehead atoms. The summed E-state index contributed by atoms with van der Waals surface area (Å²) < 4.78 is 2.11. The van der Waals surface area contributed by atoms with E-state index in [1.54, 1.807) is 0 Å². The Labute approximate surface area is 164 Å². The summed E-state index contributed by atoms with van der Waals surface area (Å²) in [6, 6.07) is 10.6. The molecule has 1 unspecified atom stereocenters. The number of rotatable bonds is 7. The zero-order valence-electron chi connectivity index (χ0n) is 15.8. The molecule has 1 N–H and O–H groups in total. The first-order valence-electron chi connectivity index (χ1n) is 9.90. The van der Waals surface area contributed by atoms with Gasteiger partial charge >= 0.3 is 0 Å². The molecule has 7 heteroatoms. The van der Waals surface area contributed by atoms with E-state index in [0.717, 1.165) is 49.1 Å². The number of aromatic nitrogens is 3. The highest BCUT2D eigenvalue weighted by atomic mass is 32.2. The Kier molecular flexibility index (Phi) is 5.78. The molecule has 1 amide bonds. The van der Waals surface area contributed by atoms with Gasteiger partial charge in [-0.25, -0.2) is 0 Å². The predicted molar refractivity (Wildman–Crippen MR) is 107 cm³/mol. The summed E-state index contributed by atoms with van der Waals surface area (Å²) in [5.41, 5.74) is 1.05. The number of nitrogens with zero attached hydrogens (tertiary/aromatic N) is 4. The number of likely N-dealkylation sites (tertiary alicyclic amines) is 1. The molecular formula is C20H27N5OS. The molecule has 0 spiro atoms. The van der Waals surface area contributed by atoms with Gasteiger partial charge in [0.2, 0.25) is 5.91 Å². The molecule has 1 aliphatic heterocycles. The van der Waals surface area contributed by atoms with Crippen molar-refractivity contribution in [2.75, 3.05) is 13.1 Å². The van der Waals surface area contributed by atoms with Gasteiger partial charge in [0.15, 0.2) is 11.0 Å². The van der Waals surface area contributed by atoms with Crippen LogP contribution in [-0.4, -0.2) is 50.0 Å². The summed E-state index contributed by atoms with van der Waals surface area (Å²) in [6.45, 7) is 4.97. The molecule has 1 saturated heterocycles. The second kappa shape index (κ2) is 8.44. The van der Waals surface area contributed by atoms with Crippen LogP contribution in [0.4, 0.5) is 0 Å². The molecule has 27 heavy (non-hydrogen) atoms. The monoisotopic (exact) mass is 385 g/mol. The largest absolute Gasteiger partial charge is 0.352 e. The summed E-state index contributed by atoms with van der Waals surface area (Å²) in [6.07, 6.45) is 6.02. The van der Waals surface area contributed by atoms with E-state index in [1.807, 2.05) is 25.1 Å². The molecule has 2 aliphatic rings. The van der Waals surface area contributed by atoms with Crippen molar-refractivity contribution < 1.29 is 4.79 Å². The number of para-hydroxylation sites is 1. The summed E-state index contributed by atoms with van der Waals surface area (Å²) in [5.74, 6) is 1.03. The Morgan fingerprint density at radius 3 is 2.63 bits per heavy atom. The van der Waals surface area contributed by atoms with E-state index in [9.17, 15) is 4.79 Å². The van der Waals surface area contributed by atoms with Gasteiger partial charge in [-0.1, -0.05) is 36.4 Å². The molecule has 1 aromatic carbocycles. The van der Waals surface area contributed by atoms with Crippen molar-refractivity contribution in [2.45, 2.75) is 62.0 Å². The second-order valence-corrected chi connectivity index (χ2v) is 8.76. The number of carbonyl (C=O) groups is 1. The maximum absolute atomic E-state index is 12.4. The minimum Gasteiger partial charge on any atom is -0.352 e. The summed E-state index contributed by atoms with van der Waals surface area (Å²) in [4.78, 5) is 14.8. The van der Waals surface area contributed by atoms with Crippen molar-refractivity contribution in [1.82, 2.24) is 25.0 Å². The number of hydrogen-bond donors (Lipinski definition) is 1. The third kappa shape index (κ3) is 4.71. The van der Waals surface area contributed by atoms with Gasteiger partial charge in [0.1, 0.15) is 0 Å². The highest BCUT2D eigenvalue weighted by molar-refractivity contribution is 8.00. The SMILES string of the molecule is CC(Sc1nnc(CN2CCCCC2)n1-c1ccccc1)C(=O)NC1CC1. The maximum Gasteiger partial charge on any atom is 0.233 e. The molecule has 6 nitrogen and oxygen atoms in total. The highest BCUT2D eigenvalue weighted by Gasteiger charge is 2.27. The summed E-state index contributed by atoms with van der Waals surface area (Å²) >= 11 is 1.48. The third-order valence-electron chi connectivity index (χ3n) is 5.10. The average molecular weight is 386 g/mol. The first kappa shape index (κ1) is 18.5. The zero-order valence-corrected chi connectivity index (χ0v) is 16.6. The molecule has 144 valence electrons. The normalized spacial score (nSPS) is 19.0. The summed E-state index contributed by atoms with van der Waals surface area (Å²) in [5, 5.41) is 12.6.